The van der Waals surface area contributed by atoms with Crippen molar-refractivity contribution in [3.8, 4) is 0 Å². The first-order valence-corrected chi connectivity index (χ1v) is 6.04. The number of nitrogens with one attached hydrogen (secondary N) is 2. The SMILES string of the molecule is O=C1NCCCC1NCC(F)(F)c1ccccc1. The highest BCUT2D eigenvalue weighted by atomic mass is 19.3. The van der Waals surface area contributed by atoms with E-state index in [4.69, 9.17) is 0 Å². The van der Waals surface area contributed by atoms with Crippen LogP contribution in [0.5, 0.6) is 0 Å². The van der Waals surface area contributed by atoms with Crippen molar-refractivity contribution in [1.82, 2.24) is 10.6 Å². The van der Waals surface area contributed by atoms with Gasteiger partial charge in [0, 0.05) is 12.1 Å². The van der Waals surface area contributed by atoms with E-state index in [1.807, 2.05) is 0 Å². The number of hydrogen-bond donors (Lipinski definition) is 2. The Morgan fingerprint density at radius 1 is 1.33 bits per heavy atom. The third-order valence-electron chi connectivity index (χ3n) is 3.05. The second kappa shape index (κ2) is 5.44. The minimum atomic E-state index is -2.96. The number of amides is 1. The molecule has 0 aromatic heterocycles. The molecule has 18 heavy (non-hydrogen) atoms. The predicted octanol–water partition coefficient (Wildman–Crippen LogP) is 1.65. The highest BCUT2D eigenvalue weighted by molar-refractivity contribution is 5.82. The standard InChI is InChI=1S/C13H16F2N2O/c14-13(15,10-5-2-1-3-6-10)9-17-11-7-4-8-16-12(11)18/h1-3,5-6,11,17H,4,7-9H2,(H,16,18). The Balaban J connectivity index is 1.94. The molecule has 0 bridgehead atoms. The van der Waals surface area contributed by atoms with Crippen molar-refractivity contribution < 1.29 is 13.6 Å². The average molecular weight is 254 g/mol. The lowest BCUT2D eigenvalue weighted by Gasteiger charge is -2.25. The van der Waals surface area contributed by atoms with E-state index in [2.05, 4.69) is 10.6 Å². The molecule has 2 N–H and O–H groups in total. The predicted molar refractivity (Wildman–Crippen MR) is 64.4 cm³/mol. The van der Waals surface area contributed by atoms with Crippen LogP contribution >= 0.6 is 0 Å². The summed E-state index contributed by atoms with van der Waals surface area (Å²) in [4.78, 5) is 11.4. The molecule has 1 fully saturated rings. The minimum absolute atomic E-state index is 0.0336. The van der Waals surface area contributed by atoms with E-state index < -0.39 is 18.5 Å². The van der Waals surface area contributed by atoms with Crippen LogP contribution in [0.3, 0.4) is 0 Å². The zero-order valence-corrected chi connectivity index (χ0v) is 9.96. The van der Waals surface area contributed by atoms with Gasteiger partial charge in [-0.1, -0.05) is 30.3 Å². The molecule has 3 nitrogen and oxygen atoms in total. The van der Waals surface area contributed by atoms with Gasteiger partial charge in [-0.15, -0.1) is 0 Å². The molecule has 1 aliphatic rings. The number of halogens is 2. The Labute approximate surface area is 105 Å². The number of alkyl halides is 2. The Kier molecular flexibility index (Phi) is 3.91. The van der Waals surface area contributed by atoms with Crippen molar-refractivity contribution in [2.45, 2.75) is 24.8 Å². The van der Waals surface area contributed by atoms with E-state index in [1.54, 1.807) is 18.2 Å². The first-order chi connectivity index (χ1) is 8.59. The molecule has 0 spiro atoms. The molecule has 98 valence electrons. The number of piperidine rings is 1. The summed E-state index contributed by atoms with van der Waals surface area (Å²) in [6, 6.07) is 7.13. The zero-order valence-electron chi connectivity index (χ0n) is 9.96. The normalized spacial score (nSPS) is 20.6. The van der Waals surface area contributed by atoms with Crippen LogP contribution in [-0.2, 0) is 10.7 Å². The summed E-state index contributed by atoms with van der Waals surface area (Å²) >= 11 is 0. The van der Waals surface area contributed by atoms with Crippen LogP contribution in [0, 0.1) is 0 Å². The monoisotopic (exact) mass is 254 g/mol. The van der Waals surface area contributed by atoms with E-state index in [0.29, 0.717) is 13.0 Å². The van der Waals surface area contributed by atoms with Gasteiger partial charge in [-0.2, -0.15) is 8.78 Å². The molecular formula is C13H16F2N2O. The van der Waals surface area contributed by atoms with Crippen molar-refractivity contribution in [2.75, 3.05) is 13.1 Å². The summed E-state index contributed by atoms with van der Waals surface area (Å²) in [5.74, 6) is -3.15. The zero-order chi connectivity index (χ0) is 13.0. The summed E-state index contributed by atoms with van der Waals surface area (Å²) in [6.45, 7) is 0.112. The van der Waals surface area contributed by atoms with Gasteiger partial charge in [0.15, 0.2) is 0 Å². The molecule has 1 aromatic rings. The first-order valence-electron chi connectivity index (χ1n) is 6.04. The van der Waals surface area contributed by atoms with Gasteiger partial charge in [-0.05, 0) is 12.8 Å². The maximum atomic E-state index is 13.8. The van der Waals surface area contributed by atoms with Gasteiger partial charge in [-0.3, -0.25) is 10.1 Å². The van der Waals surface area contributed by atoms with Gasteiger partial charge >= 0.3 is 0 Å². The molecule has 0 saturated carbocycles. The third kappa shape index (κ3) is 3.04. The molecule has 0 aliphatic carbocycles. The van der Waals surface area contributed by atoms with Crippen molar-refractivity contribution in [1.29, 1.82) is 0 Å². The molecule has 0 radical (unpaired) electrons. The molecule has 1 saturated heterocycles. The van der Waals surface area contributed by atoms with Gasteiger partial charge in [-0.25, -0.2) is 0 Å². The summed E-state index contributed by atoms with van der Waals surface area (Å²) in [6.07, 6.45) is 1.43. The van der Waals surface area contributed by atoms with Crippen LogP contribution in [0.15, 0.2) is 30.3 Å². The summed E-state index contributed by atoms with van der Waals surface area (Å²) in [5.41, 5.74) is -0.0336. The summed E-state index contributed by atoms with van der Waals surface area (Å²) in [5, 5.41) is 5.31. The second-order valence-electron chi connectivity index (χ2n) is 4.44. The Morgan fingerprint density at radius 3 is 2.72 bits per heavy atom. The first kappa shape index (κ1) is 13.0. The molecule has 1 aliphatic heterocycles. The van der Waals surface area contributed by atoms with Gasteiger partial charge in [0.25, 0.3) is 5.92 Å². The lowest BCUT2D eigenvalue weighted by atomic mass is 10.0. The highest BCUT2D eigenvalue weighted by Gasteiger charge is 2.33. The average Bonchev–Trinajstić information content (AvgIpc) is 2.39. The number of benzene rings is 1. The summed E-state index contributed by atoms with van der Waals surface area (Å²) < 4.78 is 27.7. The summed E-state index contributed by atoms with van der Waals surface area (Å²) in [7, 11) is 0. The quantitative estimate of drug-likeness (QED) is 0.857. The van der Waals surface area contributed by atoms with Crippen molar-refractivity contribution in [3.63, 3.8) is 0 Å². The maximum Gasteiger partial charge on any atom is 0.285 e. The minimum Gasteiger partial charge on any atom is -0.355 e. The van der Waals surface area contributed by atoms with Crippen LogP contribution in [0.4, 0.5) is 8.78 Å². The molecule has 1 unspecified atom stereocenters. The molecule has 1 amide bonds. The van der Waals surface area contributed by atoms with Crippen molar-refractivity contribution in [2.24, 2.45) is 0 Å². The van der Waals surface area contributed by atoms with Gasteiger partial charge in [0.05, 0.1) is 12.6 Å². The fraction of sp³-hybridized carbons (Fsp3) is 0.462. The number of hydrogen-bond acceptors (Lipinski definition) is 2. The van der Waals surface area contributed by atoms with Crippen LogP contribution in [-0.4, -0.2) is 25.0 Å². The fourth-order valence-electron chi connectivity index (χ4n) is 2.00. The van der Waals surface area contributed by atoms with E-state index in [9.17, 15) is 13.6 Å². The Hall–Kier alpha value is -1.49. The number of rotatable bonds is 4. The number of carbonyl (C=O) groups excluding carboxylic acids is 1. The Bertz CT molecular complexity index is 409. The van der Waals surface area contributed by atoms with Crippen LogP contribution in [0.25, 0.3) is 0 Å². The Morgan fingerprint density at radius 2 is 2.06 bits per heavy atom. The fourth-order valence-corrected chi connectivity index (χ4v) is 2.00. The molecule has 1 aromatic carbocycles. The van der Waals surface area contributed by atoms with Crippen LogP contribution < -0.4 is 10.6 Å². The smallest absolute Gasteiger partial charge is 0.285 e. The van der Waals surface area contributed by atoms with Gasteiger partial charge < -0.3 is 5.32 Å². The highest BCUT2D eigenvalue weighted by Crippen LogP contribution is 2.26. The maximum absolute atomic E-state index is 13.8. The topological polar surface area (TPSA) is 41.1 Å². The second-order valence-corrected chi connectivity index (χ2v) is 4.44. The molecule has 1 atom stereocenters. The molecule has 1 heterocycles. The van der Waals surface area contributed by atoms with Crippen molar-refractivity contribution >= 4 is 5.91 Å². The molecular weight excluding hydrogens is 238 g/mol. The van der Waals surface area contributed by atoms with E-state index in [-0.39, 0.29) is 11.5 Å². The lowest BCUT2D eigenvalue weighted by molar-refractivity contribution is -0.125. The van der Waals surface area contributed by atoms with E-state index >= 15 is 0 Å². The van der Waals surface area contributed by atoms with E-state index in [1.165, 1.54) is 12.1 Å². The van der Waals surface area contributed by atoms with Gasteiger partial charge in [0.2, 0.25) is 5.91 Å². The van der Waals surface area contributed by atoms with E-state index in [0.717, 1.165) is 6.42 Å². The lowest BCUT2D eigenvalue weighted by Crippen LogP contribution is -2.50. The largest absolute Gasteiger partial charge is 0.355 e. The van der Waals surface area contributed by atoms with Crippen molar-refractivity contribution in [3.05, 3.63) is 35.9 Å². The van der Waals surface area contributed by atoms with Crippen LogP contribution in [0.2, 0.25) is 0 Å². The third-order valence-corrected chi connectivity index (χ3v) is 3.05. The molecule has 5 heteroatoms. The van der Waals surface area contributed by atoms with Gasteiger partial charge in [0.1, 0.15) is 0 Å². The number of carbonyl (C=O) groups is 1. The molecule has 2 rings (SSSR count). The van der Waals surface area contributed by atoms with Crippen LogP contribution in [0.1, 0.15) is 18.4 Å².